The van der Waals surface area contributed by atoms with Gasteiger partial charge in [-0.1, -0.05) is 12.1 Å². The maximum absolute atomic E-state index is 12.4. The average molecular weight is 344 g/mol. The van der Waals surface area contributed by atoms with E-state index in [1.165, 1.54) is 0 Å². The molecule has 1 aromatic heterocycles. The van der Waals surface area contributed by atoms with Gasteiger partial charge in [0, 0.05) is 19.0 Å². The highest BCUT2D eigenvalue weighted by Gasteiger charge is 2.29. The first kappa shape index (κ1) is 15.5. The molecule has 2 aliphatic rings. The fourth-order valence-corrected chi connectivity index (χ4v) is 4.28. The molecular weight excluding hydrogens is 324 g/mol. The van der Waals surface area contributed by atoms with Crippen molar-refractivity contribution in [3.8, 4) is 0 Å². The number of carbonyl (C=O) groups is 2. The number of nitrogens with zero attached hydrogens (tertiary/aromatic N) is 3. The molecule has 2 aliphatic heterocycles. The largest absolute Gasteiger partial charge is 0.342 e. The molecule has 0 aliphatic carbocycles. The lowest BCUT2D eigenvalue weighted by atomic mass is 9.96. The summed E-state index contributed by atoms with van der Waals surface area (Å²) in [6.07, 6.45) is 1.82. The SMILES string of the molecule is O=C(CN1CSCC1=O)N1CCC(c2nc3ccccc3[nH]2)CC1. The third-order valence-electron chi connectivity index (χ3n) is 4.79. The molecule has 0 atom stereocenters. The second kappa shape index (κ2) is 6.47. The number of carbonyl (C=O) groups excluding carboxylic acids is 2. The fourth-order valence-electron chi connectivity index (χ4n) is 3.37. The van der Waals surface area contributed by atoms with Crippen LogP contribution in [0.3, 0.4) is 0 Å². The highest BCUT2D eigenvalue weighted by atomic mass is 32.2. The molecule has 1 N–H and O–H groups in total. The van der Waals surface area contributed by atoms with Crippen LogP contribution in [0.5, 0.6) is 0 Å². The number of hydrogen-bond donors (Lipinski definition) is 1. The van der Waals surface area contributed by atoms with E-state index in [1.54, 1.807) is 16.7 Å². The van der Waals surface area contributed by atoms with Crippen molar-refractivity contribution in [3.05, 3.63) is 30.1 Å². The molecule has 24 heavy (non-hydrogen) atoms. The predicted molar refractivity (Wildman–Crippen MR) is 93.7 cm³/mol. The molecule has 2 fully saturated rings. The normalized spacial score (nSPS) is 19.4. The Balaban J connectivity index is 1.36. The smallest absolute Gasteiger partial charge is 0.242 e. The van der Waals surface area contributed by atoms with Gasteiger partial charge in [-0.2, -0.15) is 0 Å². The van der Waals surface area contributed by atoms with E-state index in [2.05, 4.69) is 9.97 Å². The number of benzene rings is 1. The van der Waals surface area contributed by atoms with Gasteiger partial charge in [0.2, 0.25) is 11.8 Å². The summed E-state index contributed by atoms with van der Waals surface area (Å²) in [5.74, 6) is 2.67. The molecule has 0 radical (unpaired) electrons. The van der Waals surface area contributed by atoms with Crippen LogP contribution in [-0.4, -0.2) is 62.8 Å². The number of rotatable bonds is 3. The molecule has 2 aromatic rings. The maximum atomic E-state index is 12.4. The summed E-state index contributed by atoms with van der Waals surface area (Å²) in [5, 5.41) is 0. The predicted octanol–water partition coefficient (Wildman–Crippen LogP) is 1.80. The van der Waals surface area contributed by atoms with Crippen molar-refractivity contribution in [2.24, 2.45) is 0 Å². The Morgan fingerprint density at radius 1 is 1.29 bits per heavy atom. The summed E-state index contributed by atoms with van der Waals surface area (Å²) in [4.78, 5) is 35.6. The number of fused-ring (bicyclic) bond motifs is 1. The van der Waals surface area contributed by atoms with Gasteiger partial charge >= 0.3 is 0 Å². The third kappa shape index (κ3) is 3.00. The Bertz CT molecular complexity index is 734. The van der Waals surface area contributed by atoms with Crippen LogP contribution in [-0.2, 0) is 9.59 Å². The molecule has 0 saturated carbocycles. The number of likely N-dealkylation sites (tertiary alicyclic amines) is 1. The van der Waals surface area contributed by atoms with Crippen LogP contribution < -0.4 is 0 Å². The fraction of sp³-hybridized carbons (Fsp3) is 0.471. The Morgan fingerprint density at radius 2 is 2.08 bits per heavy atom. The maximum Gasteiger partial charge on any atom is 0.242 e. The molecule has 0 unspecified atom stereocenters. The Labute approximate surface area is 144 Å². The van der Waals surface area contributed by atoms with Crippen molar-refractivity contribution in [2.75, 3.05) is 31.3 Å². The summed E-state index contributed by atoms with van der Waals surface area (Å²) >= 11 is 1.57. The van der Waals surface area contributed by atoms with E-state index in [0.29, 0.717) is 17.5 Å². The van der Waals surface area contributed by atoms with Crippen LogP contribution in [0.15, 0.2) is 24.3 Å². The quantitative estimate of drug-likeness (QED) is 0.922. The zero-order chi connectivity index (χ0) is 16.5. The van der Waals surface area contributed by atoms with Gasteiger partial charge in [0.15, 0.2) is 0 Å². The van der Waals surface area contributed by atoms with Crippen LogP contribution in [0.1, 0.15) is 24.6 Å². The summed E-state index contributed by atoms with van der Waals surface area (Å²) in [6.45, 7) is 1.69. The van der Waals surface area contributed by atoms with E-state index in [0.717, 1.165) is 42.8 Å². The van der Waals surface area contributed by atoms with Crippen LogP contribution in [0, 0.1) is 0 Å². The number of thioether (sulfide) groups is 1. The number of hydrogen-bond acceptors (Lipinski definition) is 4. The summed E-state index contributed by atoms with van der Waals surface area (Å²) in [5.41, 5.74) is 2.06. The minimum Gasteiger partial charge on any atom is -0.342 e. The van der Waals surface area contributed by atoms with Crippen LogP contribution >= 0.6 is 11.8 Å². The average Bonchev–Trinajstić information content (AvgIpc) is 3.21. The summed E-state index contributed by atoms with van der Waals surface area (Å²) in [7, 11) is 0. The highest BCUT2D eigenvalue weighted by Crippen LogP contribution is 2.28. The lowest BCUT2D eigenvalue weighted by Crippen LogP contribution is -2.44. The van der Waals surface area contributed by atoms with Crippen LogP contribution in [0.25, 0.3) is 11.0 Å². The van der Waals surface area contributed by atoms with Crippen molar-refractivity contribution in [2.45, 2.75) is 18.8 Å². The Morgan fingerprint density at radius 3 is 2.79 bits per heavy atom. The number of amides is 2. The molecule has 6 nitrogen and oxygen atoms in total. The molecule has 7 heteroatoms. The number of H-pyrrole nitrogens is 1. The van der Waals surface area contributed by atoms with Gasteiger partial charge in [-0.25, -0.2) is 4.98 Å². The second-order valence-corrected chi connectivity index (χ2v) is 7.32. The number of aromatic nitrogens is 2. The van der Waals surface area contributed by atoms with Gasteiger partial charge in [0.25, 0.3) is 0 Å². The minimum atomic E-state index is 0.0638. The molecular formula is C17H20N4O2S. The lowest BCUT2D eigenvalue weighted by molar-refractivity contribution is -0.138. The monoisotopic (exact) mass is 344 g/mol. The summed E-state index contributed by atoms with van der Waals surface area (Å²) < 4.78 is 0. The zero-order valence-corrected chi connectivity index (χ0v) is 14.2. The molecule has 0 bridgehead atoms. The molecule has 126 valence electrons. The minimum absolute atomic E-state index is 0.0638. The number of aromatic amines is 1. The first-order chi connectivity index (χ1) is 11.7. The summed E-state index contributed by atoms with van der Waals surface area (Å²) in [6, 6.07) is 8.05. The van der Waals surface area contributed by atoms with Crippen molar-refractivity contribution < 1.29 is 9.59 Å². The number of para-hydroxylation sites is 2. The first-order valence-corrected chi connectivity index (χ1v) is 9.44. The van der Waals surface area contributed by atoms with Crippen LogP contribution in [0.4, 0.5) is 0 Å². The van der Waals surface area contributed by atoms with E-state index in [9.17, 15) is 9.59 Å². The standard InChI is InChI=1S/C17H20N4O2S/c22-15(9-21-11-24-10-16(21)23)20-7-5-12(6-8-20)17-18-13-3-1-2-4-14(13)19-17/h1-4,12H,5-11H2,(H,18,19). The molecule has 2 saturated heterocycles. The number of nitrogens with one attached hydrogen (secondary N) is 1. The van der Waals surface area contributed by atoms with E-state index in [1.807, 2.05) is 29.2 Å². The highest BCUT2D eigenvalue weighted by molar-refractivity contribution is 8.00. The molecule has 4 rings (SSSR count). The van der Waals surface area contributed by atoms with Crippen molar-refractivity contribution >= 4 is 34.6 Å². The van der Waals surface area contributed by atoms with Crippen LogP contribution in [0.2, 0.25) is 0 Å². The van der Waals surface area contributed by atoms with E-state index < -0.39 is 0 Å². The van der Waals surface area contributed by atoms with Gasteiger partial charge in [0.05, 0.1) is 22.7 Å². The first-order valence-electron chi connectivity index (χ1n) is 8.28. The topological polar surface area (TPSA) is 69.3 Å². The zero-order valence-electron chi connectivity index (χ0n) is 13.4. The molecule has 3 heterocycles. The Hall–Kier alpha value is -2.02. The van der Waals surface area contributed by atoms with Crippen molar-refractivity contribution in [1.82, 2.24) is 19.8 Å². The van der Waals surface area contributed by atoms with Gasteiger partial charge in [0.1, 0.15) is 12.4 Å². The number of piperidine rings is 1. The third-order valence-corrected chi connectivity index (χ3v) is 5.74. The van der Waals surface area contributed by atoms with E-state index in [-0.39, 0.29) is 18.4 Å². The van der Waals surface area contributed by atoms with Gasteiger partial charge in [-0.05, 0) is 25.0 Å². The van der Waals surface area contributed by atoms with Crippen molar-refractivity contribution in [1.29, 1.82) is 0 Å². The van der Waals surface area contributed by atoms with E-state index in [4.69, 9.17) is 0 Å². The molecule has 0 spiro atoms. The van der Waals surface area contributed by atoms with Crippen molar-refractivity contribution in [3.63, 3.8) is 0 Å². The second-order valence-electron chi connectivity index (χ2n) is 6.36. The number of imidazole rings is 1. The Kier molecular flexibility index (Phi) is 4.18. The van der Waals surface area contributed by atoms with Gasteiger partial charge < -0.3 is 14.8 Å². The molecule has 2 amide bonds. The van der Waals surface area contributed by atoms with Gasteiger partial charge in [-0.3, -0.25) is 9.59 Å². The van der Waals surface area contributed by atoms with E-state index >= 15 is 0 Å². The van der Waals surface area contributed by atoms with Gasteiger partial charge in [-0.15, -0.1) is 11.8 Å². The molecule has 1 aromatic carbocycles. The lowest BCUT2D eigenvalue weighted by Gasteiger charge is -2.32.